The molecule has 140 valence electrons. The van der Waals surface area contributed by atoms with Crippen molar-refractivity contribution in [3.63, 3.8) is 0 Å². The Morgan fingerprint density at radius 3 is 2.68 bits per heavy atom. The van der Waals surface area contributed by atoms with Gasteiger partial charge in [-0.3, -0.25) is 0 Å². The molecule has 0 aromatic rings. The molecule has 3 heteroatoms. The highest BCUT2D eigenvalue weighted by Gasteiger charge is 2.32. The van der Waals surface area contributed by atoms with Gasteiger partial charge in [0.15, 0.2) is 0 Å². The molecule has 0 saturated carbocycles. The van der Waals surface area contributed by atoms with Crippen LogP contribution < -0.4 is 0 Å². The van der Waals surface area contributed by atoms with Gasteiger partial charge >= 0.3 is 0 Å². The fraction of sp³-hybridized carbons (Fsp3) is 0.636. The van der Waals surface area contributed by atoms with Crippen LogP contribution in [0.25, 0.3) is 0 Å². The number of hydrogen-bond donors (Lipinski definition) is 0. The molecule has 5 atom stereocenters. The van der Waals surface area contributed by atoms with Gasteiger partial charge < -0.3 is 14.2 Å². The molecule has 3 nitrogen and oxygen atoms in total. The third-order valence-corrected chi connectivity index (χ3v) is 5.20. The van der Waals surface area contributed by atoms with E-state index in [2.05, 4.69) is 39.7 Å². The average Bonchev–Trinajstić information content (AvgIpc) is 2.95. The van der Waals surface area contributed by atoms with Gasteiger partial charge in [0.2, 0.25) is 0 Å². The lowest BCUT2D eigenvalue weighted by Gasteiger charge is -2.36. The second kappa shape index (κ2) is 10.1. The Kier molecular flexibility index (Phi) is 8.14. The monoisotopic (exact) mass is 346 g/mol. The van der Waals surface area contributed by atoms with Crippen LogP contribution >= 0.6 is 0 Å². The Bertz CT molecular complexity index is 494. The van der Waals surface area contributed by atoms with Crippen molar-refractivity contribution in [2.24, 2.45) is 5.92 Å². The molecule has 0 spiro atoms. The molecule has 2 aliphatic heterocycles. The first-order valence-corrected chi connectivity index (χ1v) is 9.57. The fourth-order valence-electron chi connectivity index (χ4n) is 3.68. The molecule has 2 saturated heterocycles. The lowest BCUT2D eigenvalue weighted by atomic mass is 9.86. The highest BCUT2D eigenvalue weighted by atomic mass is 16.5. The van der Waals surface area contributed by atoms with Crippen molar-refractivity contribution in [2.75, 3.05) is 13.2 Å². The largest absolute Gasteiger partial charge is 0.373 e. The zero-order valence-corrected chi connectivity index (χ0v) is 15.9. The van der Waals surface area contributed by atoms with Crippen molar-refractivity contribution in [3.8, 4) is 0 Å². The second-order valence-corrected chi connectivity index (χ2v) is 7.22. The minimum Gasteiger partial charge on any atom is -0.373 e. The van der Waals surface area contributed by atoms with E-state index in [1.165, 1.54) is 11.1 Å². The maximum atomic E-state index is 6.22. The molecule has 0 aliphatic carbocycles. The minimum atomic E-state index is 0.124. The summed E-state index contributed by atoms with van der Waals surface area (Å²) >= 11 is 0. The molecule has 2 aliphatic rings. The first-order valence-electron chi connectivity index (χ1n) is 9.57. The summed E-state index contributed by atoms with van der Waals surface area (Å²) in [5, 5.41) is 0. The maximum absolute atomic E-state index is 6.22. The Hall–Kier alpha value is -1.16. The molecule has 1 unspecified atom stereocenters. The van der Waals surface area contributed by atoms with Gasteiger partial charge in [-0.2, -0.15) is 0 Å². The van der Waals surface area contributed by atoms with Gasteiger partial charge in [0.1, 0.15) is 0 Å². The third-order valence-electron chi connectivity index (χ3n) is 5.20. The van der Waals surface area contributed by atoms with Gasteiger partial charge in [0, 0.05) is 6.42 Å². The van der Waals surface area contributed by atoms with Gasteiger partial charge in [-0.1, -0.05) is 45.2 Å². The summed E-state index contributed by atoms with van der Waals surface area (Å²) in [5.41, 5.74) is 2.45. The molecule has 0 radical (unpaired) electrons. The molecule has 0 aromatic heterocycles. The van der Waals surface area contributed by atoms with Crippen LogP contribution in [0.3, 0.4) is 0 Å². The molecule has 0 amide bonds. The second-order valence-electron chi connectivity index (χ2n) is 7.22. The third kappa shape index (κ3) is 5.95. The zero-order valence-electron chi connectivity index (χ0n) is 15.9. The lowest BCUT2D eigenvalue weighted by Crippen LogP contribution is -2.34. The van der Waals surface area contributed by atoms with Gasteiger partial charge in [-0.15, -0.1) is 6.58 Å². The van der Waals surface area contributed by atoms with Gasteiger partial charge in [0.05, 0.1) is 37.6 Å². The van der Waals surface area contributed by atoms with E-state index in [0.29, 0.717) is 25.2 Å². The standard InChI is InChI=1S/C22H34O3/c1-6-12-23-13-8-9-19-15-17(4)22(25-19)11-10-20-14-16(3)18(5)21(7-2)24-20/h6,8-9,16,19-22H,1,4-5,7,10-15H2,2-3H3/b9-8+/t16-,19+,20+,21?,22+/m1/s1. The van der Waals surface area contributed by atoms with E-state index in [9.17, 15) is 0 Å². The first-order chi connectivity index (χ1) is 12.0. The van der Waals surface area contributed by atoms with E-state index in [1.807, 2.05) is 6.08 Å². The smallest absolute Gasteiger partial charge is 0.0802 e. The summed E-state index contributed by atoms with van der Waals surface area (Å²) in [6, 6.07) is 0. The first kappa shape index (κ1) is 20.2. The summed E-state index contributed by atoms with van der Waals surface area (Å²) in [5.74, 6) is 0.544. The Labute approximate surface area is 153 Å². The van der Waals surface area contributed by atoms with Crippen molar-refractivity contribution in [2.45, 2.75) is 70.4 Å². The number of rotatable bonds is 9. The minimum absolute atomic E-state index is 0.124. The molecule has 2 heterocycles. The fourth-order valence-corrected chi connectivity index (χ4v) is 3.68. The van der Waals surface area contributed by atoms with Crippen molar-refractivity contribution < 1.29 is 14.2 Å². The Morgan fingerprint density at radius 1 is 1.16 bits per heavy atom. The number of hydrogen-bond acceptors (Lipinski definition) is 3. The van der Waals surface area contributed by atoms with Crippen molar-refractivity contribution >= 4 is 0 Å². The van der Waals surface area contributed by atoms with E-state index in [1.54, 1.807) is 6.08 Å². The van der Waals surface area contributed by atoms with Crippen LogP contribution in [0.15, 0.2) is 49.1 Å². The zero-order chi connectivity index (χ0) is 18.2. The molecular formula is C22H34O3. The summed E-state index contributed by atoms with van der Waals surface area (Å²) in [7, 11) is 0. The molecule has 0 aromatic carbocycles. The normalized spacial score (nSPS) is 33.3. The van der Waals surface area contributed by atoms with Crippen molar-refractivity contribution in [1.82, 2.24) is 0 Å². The van der Waals surface area contributed by atoms with Crippen LogP contribution in [0.1, 0.15) is 46.0 Å². The SMILES string of the molecule is C=CCOC/C=C/[C@H]1CC(=C)[C@H](CC[C@H]2C[C@@H](C)C(=C)C(CC)O2)O1. The van der Waals surface area contributed by atoms with E-state index < -0.39 is 0 Å². The van der Waals surface area contributed by atoms with Crippen LogP contribution in [-0.2, 0) is 14.2 Å². The summed E-state index contributed by atoms with van der Waals surface area (Å²) < 4.78 is 17.7. The lowest BCUT2D eigenvalue weighted by molar-refractivity contribution is -0.0442. The van der Waals surface area contributed by atoms with Crippen LogP contribution in [0, 0.1) is 5.92 Å². The highest BCUT2D eigenvalue weighted by molar-refractivity contribution is 5.14. The van der Waals surface area contributed by atoms with Crippen LogP contribution in [0.2, 0.25) is 0 Å². The van der Waals surface area contributed by atoms with Gasteiger partial charge in [-0.05, 0) is 42.7 Å². The van der Waals surface area contributed by atoms with E-state index >= 15 is 0 Å². The van der Waals surface area contributed by atoms with Gasteiger partial charge in [0.25, 0.3) is 0 Å². The van der Waals surface area contributed by atoms with E-state index in [0.717, 1.165) is 32.1 Å². The van der Waals surface area contributed by atoms with Crippen LogP contribution in [0.5, 0.6) is 0 Å². The molecule has 2 rings (SSSR count). The van der Waals surface area contributed by atoms with E-state index in [-0.39, 0.29) is 18.3 Å². The topological polar surface area (TPSA) is 27.7 Å². The number of ether oxygens (including phenoxy) is 3. The predicted molar refractivity (Wildman–Crippen MR) is 104 cm³/mol. The summed E-state index contributed by atoms with van der Waals surface area (Å²) in [6.07, 6.45) is 11.6. The molecule has 2 fully saturated rings. The Morgan fingerprint density at radius 2 is 1.96 bits per heavy atom. The molecular weight excluding hydrogens is 312 g/mol. The molecule has 0 bridgehead atoms. The molecule has 0 N–H and O–H groups in total. The summed E-state index contributed by atoms with van der Waals surface area (Å²) in [6.45, 7) is 17.7. The van der Waals surface area contributed by atoms with Crippen LogP contribution in [0.4, 0.5) is 0 Å². The quantitative estimate of drug-likeness (QED) is 0.434. The van der Waals surface area contributed by atoms with E-state index in [4.69, 9.17) is 14.2 Å². The predicted octanol–water partition coefficient (Wildman–Crippen LogP) is 5.00. The average molecular weight is 347 g/mol. The maximum Gasteiger partial charge on any atom is 0.0802 e. The van der Waals surface area contributed by atoms with Crippen molar-refractivity contribution in [3.05, 3.63) is 49.1 Å². The molecule has 25 heavy (non-hydrogen) atoms. The Balaban J connectivity index is 1.74. The van der Waals surface area contributed by atoms with Gasteiger partial charge in [-0.25, -0.2) is 0 Å². The summed E-state index contributed by atoms with van der Waals surface area (Å²) in [4.78, 5) is 0. The highest BCUT2D eigenvalue weighted by Crippen LogP contribution is 2.34. The van der Waals surface area contributed by atoms with Crippen LogP contribution in [-0.4, -0.2) is 37.6 Å². The van der Waals surface area contributed by atoms with Crippen molar-refractivity contribution in [1.29, 1.82) is 0 Å².